The third kappa shape index (κ3) is 7.59. The van der Waals surface area contributed by atoms with Crippen molar-refractivity contribution in [2.45, 2.75) is 88.4 Å². The lowest BCUT2D eigenvalue weighted by molar-refractivity contribution is -0.142. The number of aliphatic hydroxyl groups excluding tert-OH is 1. The molecular weight excluding hydrogens is 522 g/mol. The Labute approximate surface area is 243 Å². The molecule has 5 atom stereocenters. The van der Waals surface area contributed by atoms with Crippen LogP contribution in [0.15, 0.2) is 53.4 Å². The van der Waals surface area contributed by atoms with Gasteiger partial charge in [0.05, 0.1) is 18.2 Å². The van der Waals surface area contributed by atoms with E-state index >= 15 is 0 Å². The Kier molecular flexibility index (Phi) is 10.2. The van der Waals surface area contributed by atoms with E-state index in [2.05, 4.69) is 10.6 Å². The van der Waals surface area contributed by atoms with Crippen LogP contribution in [0.5, 0.6) is 5.75 Å². The van der Waals surface area contributed by atoms with Crippen LogP contribution in [0.3, 0.4) is 0 Å². The van der Waals surface area contributed by atoms with Crippen molar-refractivity contribution in [1.29, 1.82) is 0 Å². The molecule has 1 aliphatic heterocycles. The molecule has 2 fully saturated rings. The number of piperidine rings is 1. The number of carbonyl (C=O) groups is 2. The van der Waals surface area contributed by atoms with Gasteiger partial charge in [-0.2, -0.15) is 0 Å². The van der Waals surface area contributed by atoms with Crippen molar-refractivity contribution < 1.29 is 19.8 Å². The van der Waals surface area contributed by atoms with Crippen LogP contribution in [0.1, 0.15) is 68.8 Å². The Morgan fingerprint density at radius 3 is 2.48 bits per heavy atom. The molecule has 0 spiro atoms. The summed E-state index contributed by atoms with van der Waals surface area (Å²) in [6.45, 7) is 8.65. The summed E-state index contributed by atoms with van der Waals surface area (Å²) < 4.78 is 0. The van der Waals surface area contributed by atoms with Crippen molar-refractivity contribution in [2.24, 2.45) is 11.8 Å². The average Bonchev–Trinajstić information content (AvgIpc) is 2.94. The number of hydrogen-bond acceptors (Lipinski definition) is 6. The van der Waals surface area contributed by atoms with E-state index in [0.717, 1.165) is 17.9 Å². The van der Waals surface area contributed by atoms with Crippen LogP contribution in [0, 0.1) is 18.8 Å². The first-order valence-corrected chi connectivity index (χ1v) is 15.5. The zero-order chi connectivity index (χ0) is 28.9. The van der Waals surface area contributed by atoms with Gasteiger partial charge in [-0.15, -0.1) is 11.8 Å². The van der Waals surface area contributed by atoms with E-state index in [1.165, 1.54) is 25.7 Å². The topological polar surface area (TPSA) is 102 Å². The Hall–Kier alpha value is -2.55. The molecular formula is C32H45N3O4S. The number of aromatic hydroxyl groups is 1. The van der Waals surface area contributed by atoms with Gasteiger partial charge in [0.15, 0.2) is 0 Å². The van der Waals surface area contributed by atoms with E-state index < -0.39 is 17.7 Å². The number of benzene rings is 2. The Balaban J connectivity index is 1.51. The maximum Gasteiger partial charge on any atom is 0.252 e. The predicted molar refractivity (Wildman–Crippen MR) is 161 cm³/mol. The third-order valence-corrected chi connectivity index (χ3v) is 9.61. The Morgan fingerprint density at radius 2 is 1.77 bits per heavy atom. The van der Waals surface area contributed by atoms with E-state index in [1.807, 2.05) is 51.1 Å². The molecule has 0 aromatic heterocycles. The number of nitrogens with zero attached hydrogens (tertiary/aromatic N) is 1. The van der Waals surface area contributed by atoms with Gasteiger partial charge < -0.3 is 25.7 Å². The first-order chi connectivity index (χ1) is 19.0. The summed E-state index contributed by atoms with van der Waals surface area (Å²) in [4.78, 5) is 30.0. The third-order valence-electron chi connectivity index (χ3n) is 8.48. The number of β-amino-alcohol motifs (C(OH)–C–C–N with tert-alkyl or cyclic N) is 1. The highest BCUT2D eigenvalue weighted by molar-refractivity contribution is 7.99. The van der Waals surface area contributed by atoms with E-state index in [-0.39, 0.29) is 30.2 Å². The number of phenols is 1. The maximum absolute atomic E-state index is 13.9. The molecule has 2 aliphatic rings. The SMILES string of the molecule is Cc1c(O)cccc1C(=O)NC(CSc1ccccc1)C(O)CN(C(=O)C1CC2CCCCC2CN1)C(C)(C)C. The summed E-state index contributed by atoms with van der Waals surface area (Å²) in [5.74, 6) is 1.36. The highest BCUT2D eigenvalue weighted by atomic mass is 32.2. The molecule has 0 bridgehead atoms. The van der Waals surface area contributed by atoms with Crippen molar-refractivity contribution in [3.8, 4) is 5.75 Å². The summed E-state index contributed by atoms with van der Waals surface area (Å²) in [5.41, 5.74) is 0.338. The van der Waals surface area contributed by atoms with Crippen LogP contribution in [-0.4, -0.2) is 69.5 Å². The zero-order valence-corrected chi connectivity index (χ0v) is 25.0. The first kappa shape index (κ1) is 30.4. The number of phenolic OH excluding ortho intramolecular Hbond substituents is 1. The normalized spacial score (nSPS) is 22.6. The van der Waals surface area contributed by atoms with Gasteiger partial charge >= 0.3 is 0 Å². The number of nitrogens with one attached hydrogen (secondary N) is 2. The fourth-order valence-corrected chi connectivity index (χ4v) is 7.02. The fourth-order valence-electron chi connectivity index (χ4n) is 6.00. The van der Waals surface area contributed by atoms with Gasteiger partial charge in [-0.05, 0) is 83.2 Å². The molecule has 0 radical (unpaired) electrons. The Bertz CT molecular complexity index is 1150. The van der Waals surface area contributed by atoms with E-state index in [9.17, 15) is 19.8 Å². The number of fused-ring (bicyclic) bond motifs is 1. The molecule has 1 heterocycles. The zero-order valence-electron chi connectivity index (χ0n) is 24.2. The minimum Gasteiger partial charge on any atom is -0.508 e. The van der Waals surface area contributed by atoms with E-state index in [4.69, 9.17) is 0 Å². The lowest BCUT2D eigenvalue weighted by Gasteiger charge is -2.44. The first-order valence-electron chi connectivity index (χ1n) is 14.5. The average molecular weight is 568 g/mol. The lowest BCUT2D eigenvalue weighted by Crippen LogP contribution is -2.60. The Morgan fingerprint density at radius 1 is 1.07 bits per heavy atom. The summed E-state index contributed by atoms with van der Waals surface area (Å²) in [7, 11) is 0. The number of amides is 2. The molecule has 5 unspecified atom stereocenters. The van der Waals surface area contributed by atoms with Crippen molar-refractivity contribution >= 4 is 23.6 Å². The number of thioether (sulfide) groups is 1. The highest BCUT2D eigenvalue weighted by Gasteiger charge is 2.40. The summed E-state index contributed by atoms with van der Waals surface area (Å²) in [6.07, 6.45) is 4.79. The quantitative estimate of drug-likeness (QED) is 0.327. The van der Waals surface area contributed by atoms with Crippen molar-refractivity contribution in [3.05, 3.63) is 59.7 Å². The van der Waals surface area contributed by atoms with Crippen molar-refractivity contribution in [1.82, 2.24) is 15.5 Å². The van der Waals surface area contributed by atoms with E-state index in [0.29, 0.717) is 28.7 Å². The number of aliphatic hydroxyl groups is 1. The monoisotopic (exact) mass is 567 g/mol. The molecule has 40 heavy (non-hydrogen) atoms. The lowest BCUT2D eigenvalue weighted by atomic mass is 9.73. The van der Waals surface area contributed by atoms with E-state index in [1.54, 1.807) is 41.8 Å². The molecule has 1 saturated carbocycles. The predicted octanol–water partition coefficient (Wildman–Crippen LogP) is 4.75. The van der Waals surface area contributed by atoms with Crippen LogP contribution in [-0.2, 0) is 4.79 Å². The molecule has 2 aromatic rings. The molecule has 7 nitrogen and oxygen atoms in total. The van der Waals surface area contributed by atoms with Crippen LogP contribution < -0.4 is 10.6 Å². The van der Waals surface area contributed by atoms with Crippen LogP contribution in [0.2, 0.25) is 0 Å². The standard InChI is InChI=1S/C32H45N3O4S/c1-21-25(15-10-16-28(21)36)30(38)34-27(20-40-24-13-6-5-7-14-24)29(37)19-35(32(2,3)4)31(39)26-17-22-11-8-9-12-23(22)18-33-26/h5-7,10,13-16,22-23,26-27,29,33,36-37H,8-9,11-12,17-20H2,1-4H3,(H,34,38). The molecule has 8 heteroatoms. The molecule has 218 valence electrons. The minimum atomic E-state index is -0.994. The molecule has 2 aromatic carbocycles. The van der Waals surface area contributed by atoms with Gasteiger partial charge in [0.25, 0.3) is 5.91 Å². The number of rotatable bonds is 9. The molecule has 4 rings (SSSR count). The van der Waals surface area contributed by atoms with Crippen molar-refractivity contribution in [3.63, 3.8) is 0 Å². The van der Waals surface area contributed by atoms with Crippen LogP contribution >= 0.6 is 11.8 Å². The second-order valence-electron chi connectivity index (χ2n) is 12.3. The minimum absolute atomic E-state index is 0.0141. The second kappa shape index (κ2) is 13.4. The highest BCUT2D eigenvalue weighted by Crippen LogP contribution is 2.36. The van der Waals surface area contributed by atoms with Gasteiger partial charge in [0, 0.05) is 33.9 Å². The largest absolute Gasteiger partial charge is 0.508 e. The molecule has 1 aliphatic carbocycles. The van der Waals surface area contributed by atoms with Gasteiger partial charge in [-0.3, -0.25) is 9.59 Å². The number of hydrogen-bond donors (Lipinski definition) is 4. The smallest absolute Gasteiger partial charge is 0.252 e. The van der Waals surface area contributed by atoms with Gasteiger partial charge in [-0.25, -0.2) is 0 Å². The van der Waals surface area contributed by atoms with Gasteiger partial charge in [-0.1, -0.05) is 43.5 Å². The summed E-state index contributed by atoms with van der Waals surface area (Å²) in [5, 5.41) is 28.2. The van der Waals surface area contributed by atoms with Crippen LogP contribution in [0.4, 0.5) is 0 Å². The van der Waals surface area contributed by atoms with Gasteiger partial charge in [0.2, 0.25) is 5.91 Å². The maximum atomic E-state index is 13.9. The number of carbonyl (C=O) groups excluding carboxylic acids is 2. The second-order valence-corrected chi connectivity index (χ2v) is 13.4. The molecule has 1 saturated heterocycles. The summed E-state index contributed by atoms with van der Waals surface area (Å²) >= 11 is 1.54. The van der Waals surface area contributed by atoms with Gasteiger partial charge in [0.1, 0.15) is 5.75 Å². The fraction of sp³-hybridized carbons (Fsp3) is 0.562. The van der Waals surface area contributed by atoms with Crippen LogP contribution in [0.25, 0.3) is 0 Å². The summed E-state index contributed by atoms with van der Waals surface area (Å²) in [6, 6.07) is 13.8. The molecule has 4 N–H and O–H groups in total. The van der Waals surface area contributed by atoms with Crippen molar-refractivity contribution in [2.75, 3.05) is 18.8 Å². The molecule has 2 amide bonds.